The van der Waals surface area contributed by atoms with Crippen molar-refractivity contribution in [1.82, 2.24) is 5.48 Å². The molecule has 1 aromatic rings. The van der Waals surface area contributed by atoms with Crippen molar-refractivity contribution in [3.63, 3.8) is 0 Å². The standard InChI is InChI=1S/C13H21NO3/c1-3-11(4-2)13(15)14-17-10-6-8-12-7-5-9-16-12/h5,7,9,11H,3-4,6,8,10H2,1-2H3,(H,14,15). The van der Waals surface area contributed by atoms with Crippen molar-refractivity contribution in [3.8, 4) is 0 Å². The molecule has 0 unspecified atom stereocenters. The molecular weight excluding hydrogens is 218 g/mol. The first-order valence-corrected chi connectivity index (χ1v) is 6.22. The maximum absolute atomic E-state index is 11.5. The summed E-state index contributed by atoms with van der Waals surface area (Å²) in [4.78, 5) is 16.7. The summed E-state index contributed by atoms with van der Waals surface area (Å²) in [5.74, 6) is 0.980. The van der Waals surface area contributed by atoms with Crippen LogP contribution in [0.15, 0.2) is 22.8 Å². The van der Waals surface area contributed by atoms with E-state index < -0.39 is 0 Å². The van der Waals surface area contributed by atoms with Crippen molar-refractivity contribution < 1.29 is 14.0 Å². The molecule has 0 bridgehead atoms. The van der Waals surface area contributed by atoms with Gasteiger partial charge >= 0.3 is 0 Å². The molecule has 1 rings (SSSR count). The number of hydrogen-bond donors (Lipinski definition) is 1. The topological polar surface area (TPSA) is 51.5 Å². The largest absolute Gasteiger partial charge is 0.469 e. The van der Waals surface area contributed by atoms with Crippen molar-refractivity contribution >= 4 is 5.91 Å². The van der Waals surface area contributed by atoms with Gasteiger partial charge in [0.15, 0.2) is 0 Å². The molecule has 0 aromatic carbocycles. The summed E-state index contributed by atoms with van der Waals surface area (Å²) in [7, 11) is 0. The minimum atomic E-state index is -0.0204. The van der Waals surface area contributed by atoms with Crippen molar-refractivity contribution in [3.05, 3.63) is 24.2 Å². The summed E-state index contributed by atoms with van der Waals surface area (Å²) in [6.07, 6.45) is 5.01. The zero-order chi connectivity index (χ0) is 12.5. The molecule has 1 amide bonds. The molecule has 1 aromatic heterocycles. The fraction of sp³-hybridized carbons (Fsp3) is 0.615. The average Bonchev–Trinajstić information content (AvgIpc) is 2.83. The van der Waals surface area contributed by atoms with E-state index in [2.05, 4.69) is 5.48 Å². The Morgan fingerprint density at radius 3 is 2.82 bits per heavy atom. The molecule has 0 fully saturated rings. The Kier molecular flexibility index (Phi) is 6.40. The Morgan fingerprint density at radius 2 is 2.24 bits per heavy atom. The average molecular weight is 239 g/mol. The molecule has 1 heterocycles. The van der Waals surface area contributed by atoms with E-state index in [1.54, 1.807) is 6.26 Å². The molecule has 4 heteroatoms. The Labute approximate surface area is 102 Å². The molecule has 0 radical (unpaired) electrons. The molecule has 96 valence electrons. The third-order valence-corrected chi connectivity index (χ3v) is 2.78. The number of nitrogens with one attached hydrogen (secondary N) is 1. The van der Waals surface area contributed by atoms with Crippen LogP contribution in [0.4, 0.5) is 0 Å². The Morgan fingerprint density at radius 1 is 1.47 bits per heavy atom. The van der Waals surface area contributed by atoms with E-state index in [-0.39, 0.29) is 11.8 Å². The van der Waals surface area contributed by atoms with Crippen molar-refractivity contribution in [2.75, 3.05) is 6.61 Å². The molecule has 4 nitrogen and oxygen atoms in total. The van der Waals surface area contributed by atoms with Crippen LogP contribution in [0.5, 0.6) is 0 Å². The van der Waals surface area contributed by atoms with E-state index in [9.17, 15) is 4.79 Å². The van der Waals surface area contributed by atoms with Crippen LogP contribution in [0.1, 0.15) is 38.9 Å². The van der Waals surface area contributed by atoms with Gasteiger partial charge in [0.25, 0.3) is 0 Å². The summed E-state index contributed by atoms with van der Waals surface area (Å²) >= 11 is 0. The van der Waals surface area contributed by atoms with Crippen LogP contribution in [-0.2, 0) is 16.1 Å². The molecule has 0 aliphatic rings. The van der Waals surface area contributed by atoms with E-state index in [1.165, 1.54) is 0 Å². The van der Waals surface area contributed by atoms with Crippen LogP contribution >= 0.6 is 0 Å². The number of carbonyl (C=O) groups is 1. The molecule has 0 aliphatic heterocycles. The predicted molar refractivity (Wildman–Crippen MR) is 65.2 cm³/mol. The normalized spacial score (nSPS) is 10.8. The maximum atomic E-state index is 11.5. The highest BCUT2D eigenvalue weighted by Crippen LogP contribution is 2.07. The number of hydroxylamine groups is 1. The van der Waals surface area contributed by atoms with Crippen LogP contribution in [0, 0.1) is 5.92 Å². The number of hydrogen-bond acceptors (Lipinski definition) is 3. The summed E-state index contributed by atoms with van der Waals surface area (Å²) in [6, 6.07) is 3.80. The molecule has 17 heavy (non-hydrogen) atoms. The highest BCUT2D eigenvalue weighted by Gasteiger charge is 2.13. The number of amides is 1. The van der Waals surface area contributed by atoms with E-state index in [4.69, 9.17) is 9.25 Å². The summed E-state index contributed by atoms with van der Waals surface area (Å²) < 4.78 is 5.19. The number of aryl methyl sites for hydroxylation is 1. The van der Waals surface area contributed by atoms with Gasteiger partial charge in [0.1, 0.15) is 5.76 Å². The monoisotopic (exact) mass is 239 g/mol. The van der Waals surface area contributed by atoms with Gasteiger partial charge in [-0.3, -0.25) is 9.63 Å². The van der Waals surface area contributed by atoms with Crippen molar-refractivity contribution in [2.24, 2.45) is 5.92 Å². The van der Waals surface area contributed by atoms with E-state index in [0.29, 0.717) is 6.61 Å². The number of furan rings is 1. The van der Waals surface area contributed by atoms with Gasteiger partial charge in [-0.2, -0.15) is 0 Å². The molecule has 1 N–H and O–H groups in total. The lowest BCUT2D eigenvalue weighted by atomic mass is 10.0. The molecule has 0 saturated heterocycles. The maximum Gasteiger partial charge on any atom is 0.246 e. The van der Waals surface area contributed by atoms with Crippen LogP contribution < -0.4 is 5.48 Å². The van der Waals surface area contributed by atoms with Gasteiger partial charge in [0.05, 0.1) is 12.9 Å². The molecule has 0 aliphatic carbocycles. The van der Waals surface area contributed by atoms with Crippen LogP contribution in [0.25, 0.3) is 0 Å². The molecule has 0 spiro atoms. The molecule has 0 atom stereocenters. The fourth-order valence-corrected chi connectivity index (χ4v) is 1.64. The minimum Gasteiger partial charge on any atom is -0.469 e. The van der Waals surface area contributed by atoms with Crippen LogP contribution in [0.3, 0.4) is 0 Å². The first-order chi connectivity index (χ1) is 8.27. The third-order valence-electron chi connectivity index (χ3n) is 2.78. The van der Waals surface area contributed by atoms with Crippen molar-refractivity contribution in [1.29, 1.82) is 0 Å². The van der Waals surface area contributed by atoms with Gasteiger partial charge in [-0.25, -0.2) is 5.48 Å². The lowest BCUT2D eigenvalue weighted by Crippen LogP contribution is -2.30. The fourth-order valence-electron chi connectivity index (χ4n) is 1.64. The highest BCUT2D eigenvalue weighted by molar-refractivity contribution is 5.77. The Balaban J connectivity index is 2.05. The highest BCUT2D eigenvalue weighted by atomic mass is 16.6. The van der Waals surface area contributed by atoms with E-state index in [1.807, 2.05) is 26.0 Å². The Hall–Kier alpha value is -1.29. The first-order valence-electron chi connectivity index (χ1n) is 6.22. The van der Waals surface area contributed by atoms with Gasteiger partial charge in [-0.15, -0.1) is 0 Å². The van der Waals surface area contributed by atoms with Gasteiger partial charge in [-0.1, -0.05) is 13.8 Å². The van der Waals surface area contributed by atoms with E-state index in [0.717, 1.165) is 31.4 Å². The van der Waals surface area contributed by atoms with Gasteiger partial charge in [0.2, 0.25) is 5.91 Å². The second kappa shape index (κ2) is 7.90. The lowest BCUT2D eigenvalue weighted by molar-refractivity contribution is -0.138. The molecular formula is C13H21NO3. The van der Waals surface area contributed by atoms with Crippen molar-refractivity contribution in [2.45, 2.75) is 39.5 Å². The quantitative estimate of drug-likeness (QED) is 0.560. The smallest absolute Gasteiger partial charge is 0.246 e. The Bertz CT molecular complexity index is 304. The zero-order valence-corrected chi connectivity index (χ0v) is 10.6. The third kappa shape index (κ3) is 5.04. The SMILES string of the molecule is CCC(CC)C(=O)NOCCCc1ccco1. The molecule has 0 saturated carbocycles. The summed E-state index contributed by atoms with van der Waals surface area (Å²) in [6.45, 7) is 4.52. The van der Waals surface area contributed by atoms with E-state index >= 15 is 0 Å². The second-order valence-electron chi connectivity index (χ2n) is 4.01. The van der Waals surface area contributed by atoms with Crippen LogP contribution in [0.2, 0.25) is 0 Å². The van der Waals surface area contributed by atoms with Gasteiger partial charge in [-0.05, 0) is 31.4 Å². The summed E-state index contributed by atoms with van der Waals surface area (Å²) in [5, 5.41) is 0. The predicted octanol–water partition coefficient (Wildman–Crippen LogP) is 2.70. The lowest BCUT2D eigenvalue weighted by Gasteiger charge is -2.12. The zero-order valence-electron chi connectivity index (χ0n) is 10.6. The minimum absolute atomic E-state index is 0.0204. The van der Waals surface area contributed by atoms with Gasteiger partial charge in [0, 0.05) is 12.3 Å². The number of carbonyl (C=O) groups excluding carboxylic acids is 1. The summed E-state index contributed by atoms with van der Waals surface area (Å²) in [5.41, 5.74) is 2.50. The second-order valence-corrected chi connectivity index (χ2v) is 4.01. The number of rotatable bonds is 8. The van der Waals surface area contributed by atoms with Crippen LogP contribution in [-0.4, -0.2) is 12.5 Å². The van der Waals surface area contributed by atoms with Gasteiger partial charge < -0.3 is 4.42 Å². The first kappa shape index (κ1) is 13.8.